The van der Waals surface area contributed by atoms with E-state index < -0.39 is 5.97 Å². The second-order valence-corrected chi connectivity index (χ2v) is 6.09. The molecule has 3 nitrogen and oxygen atoms in total. The van der Waals surface area contributed by atoms with Gasteiger partial charge in [0.1, 0.15) is 0 Å². The van der Waals surface area contributed by atoms with Gasteiger partial charge >= 0.3 is 0 Å². The molecule has 0 radical (unpaired) electrons. The zero-order valence-electron chi connectivity index (χ0n) is 14.5. The first kappa shape index (κ1) is 19.9. The van der Waals surface area contributed by atoms with Crippen molar-refractivity contribution in [2.24, 2.45) is 0 Å². The first-order chi connectivity index (χ1) is 9.45. The lowest BCUT2D eigenvalue weighted by Gasteiger charge is -2.35. The van der Waals surface area contributed by atoms with E-state index in [4.69, 9.17) is 14.2 Å². The highest BCUT2D eigenvalue weighted by molar-refractivity contribution is 4.62. The summed E-state index contributed by atoms with van der Waals surface area (Å²) < 4.78 is 17.4. The summed E-state index contributed by atoms with van der Waals surface area (Å²) in [5.41, 5.74) is 0. The quantitative estimate of drug-likeness (QED) is 0.341. The van der Waals surface area contributed by atoms with Crippen LogP contribution in [0.2, 0.25) is 0 Å². The molecule has 0 spiro atoms. The number of ether oxygens (including phenoxy) is 3. The smallest absolute Gasteiger partial charge is 0.283 e. The van der Waals surface area contributed by atoms with Crippen LogP contribution in [0, 0.1) is 0 Å². The van der Waals surface area contributed by atoms with Gasteiger partial charge in [-0.2, -0.15) is 0 Å². The minimum absolute atomic E-state index is 0.0956. The number of hydrogen-bond donors (Lipinski definition) is 0. The molecule has 3 heteroatoms. The van der Waals surface area contributed by atoms with Crippen molar-refractivity contribution in [3.63, 3.8) is 0 Å². The van der Waals surface area contributed by atoms with Crippen LogP contribution in [-0.4, -0.2) is 25.3 Å². The van der Waals surface area contributed by atoms with Crippen molar-refractivity contribution in [3.05, 3.63) is 0 Å². The Balaban J connectivity index is 4.08. The molecule has 0 heterocycles. The molecule has 0 N–H and O–H groups in total. The Bertz CT molecular complexity index is 204. The van der Waals surface area contributed by atoms with Crippen LogP contribution in [0.1, 0.15) is 86.0 Å². The molecule has 0 aromatic carbocycles. The van der Waals surface area contributed by atoms with Crippen LogP contribution in [-0.2, 0) is 14.2 Å². The lowest BCUT2D eigenvalue weighted by molar-refractivity contribution is -0.395. The zero-order valence-corrected chi connectivity index (χ0v) is 14.5. The van der Waals surface area contributed by atoms with Crippen LogP contribution in [0.5, 0.6) is 0 Å². The molecule has 0 aliphatic rings. The Hall–Kier alpha value is -0.120. The van der Waals surface area contributed by atoms with Gasteiger partial charge in [-0.15, -0.1) is 0 Å². The maximum atomic E-state index is 5.90. The molecular weight excluding hydrogens is 252 g/mol. The van der Waals surface area contributed by atoms with E-state index in [9.17, 15) is 0 Å². The Morgan fingerprint density at radius 2 is 1.20 bits per heavy atom. The van der Waals surface area contributed by atoms with Gasteiger partial charge in [0, 0.05) is 13.5 Å². The van der Waals surface area contributed by atoms with Crippen LogP contribution < -0.4 is 0 Å². The van der Waals surface area contributed by atoms with Crippen molar-refractivity contribution in [1.82, 2.24) is 0 Å². The molecule has 0 aliphatic carbocycles. The summed E-state index contributed by atoms with van der Waals surface area (Å²) in [6, 6.07) is 0. The average molecular weight is 288 g/mol. The van der Waals surface area contributed by atoms with Gasteiger partial charge in [0.05, 0.1) is 12.2 Å². The van der Waals surface area contributed by atoms with E-state index in [1.807, 2.05) is 27.7 Å². The fourth-order valence-electron chi connectivity index (χ4n) is 2.36. The van der Waals surface area contributed by atoms with E-state index in [1.54, 1.807) is 7.11 Å². The maximum absolute atomic E-state index is 5.90. The first-order valence-electron chi connectivity index (χ1n) is 8.36. The predicted octanol–water partition coefficient (Wildman–Crippen LogP) is 5.28. The van der Waals surface area contributed by atoms with Crippen LogP contribution >= 0.6 is 0 Å². The van der Waals surface area contributed by atoms with Gasteiger partial charge in [-0.05, 0) is 34.1 Å². The Labute approximate surface area is 126 Å². The standard InChI is InChI=1S/C17H36O3/c1-7-8-9-10-11-12-13-14-17(18-6,19-15(2)3)20-16(4)5/h15-16H,7-14H2,1-6H3. The van der Waals surface area contributed by atoms with Crippen molar-refractivity contribution < 1.29 is 14.2 Å². The molecule has 0 saturated heterocycles. The molecule has 0 bridgehead atoms. The number of methoxy groups -OCH3 is 1. The van der Waals surface area contributed by atoms with E-state index in [2.05, 4.69) is 6.92 Å². The molecule has 122 valence electrons. The topological polar surface area (TPSA) is 27.7 Å². The largest absolute Gasteiger partial charge is 0.331 e. The second-order valence-electron chi connectivity index (χ2n) is 6.09. The van der Waals surface area contributed by atoms with E-state index in [1.165, 1.54) is 38.5 Å². The highest BCUT2D eigenvalue weighted by Crippen LogP contribution is 2.26. The van der Waals surface area contributed by atoms with Gasteiger partial charge < -0.3 is 14.2 Å². The molecule has 0 fully saturated rings. The summed E-state index contributed by atoms with van der Waals surface area (Å²) in [5, 5.41) is 0. The SMILES string of the molecule is CCCCCCCCCC(OC)(OC(C)C)OC(C)C. The van der Waals surface area contributed by atoms with Crippen molar-refractivity contribution in [2.75, 3.05) is 7.11 Å². The molecule has 0 aromatic rings. The molecule has 0 rings (SSSR count). The van der Waals surface area contributed by atoms with Crippen LogP contribution in [0.25, 0.3) is 0 Å². The molecule has 0 amide bonds. The molecular formula is C17H36O3. The molecule has 20 heavy (non-hydrogen) atoms. The van der Waals surface area contributed by atoms with Gasteiger partial charge in [-0.25, -0.2) is 0 Å². The maximum Gasteiger partial charge on any atom is 0.283 e. The third-order valence-electron chi connectivity index (χ3n) is 3.23. The Kier molecular flexibility index (Phi) is 11.5. The summed E-state index contributed by atoms with van der Waals surface area (Å²) in [5.74, 6) is -0.869. The van der Waals surface area contributed by atoms with Gasteiger partial charge in [0.2, 0.25) is 0 Å². The Morgan fingerprint density at radius 1 is 0.750 bits per heavy atom. The molecule has 0 unspecified atom stereocenters. The molecule has 0 atom stereocenters. The highest BCUT2D eigenvalue weighted by atomic mass is 16.9. The van der Waals surface area contributed by atoms with Crippen LogP contribution in [0.4, 0.5) is 0 Å². The van der Waals surface area contributed by atoms with E-state index in [0.717, 1.165) is 12.8 Å². The van der Waals surface area contributed by atoms with E-state index >= 15 is 0 Å². The lowest BCUT2D eigenvalue weighted by atomic mass is 10.1. The van der Waals surface area contributed by atoms with Gasteiger partial charge in [0.25, 0.3) is 5.97 Å². The van der Waals surface area contributed by atoms with E-state index in [-0.39, 0.29) is 12.2 Å². The fraction of sp³-hybridized carbons (Fsp3) is 1.00. The number of unbranched alkanes of at least 4 members (excludes halogenated alkanes) is 6. The van der Waals surface area contributed by atoms with Gasteiger partial charge in [-0.3, -0.25) is 0 Å². The molecule has 0 aromatic heterocycles. The van der Waals surface area contributed by atoms with Crippen molar-refractivity contribution >= 4 is 0 Å². The average Bonchev–Trinajstić information content (AvgIpc) is 2.36. The van der Waals surface area contributed by atoms with Crippen molar-refractivity contribution in [1.29, 1.82) is 0 Å². The van der Waals surface area contributed by atoms with Gasteiger partial charge in [0.15, 0.2) is 0 Å². The first-order valence-corrected chi connectivity index (χ1v) is 8.36. The summed E-state index contributed by atoms with van der Waals surface area (Å²) in [6.07, 6.45) is 9.94. The van der Waals surface area contributed by atoms with E-state index in [0.29, 0.717) is 0 Å². The summed E-state index contributed by atoms with van der Waals surface area (Å²) in [4.78, 5) is 0. The molecule has 0 aliphatic heterocycles. The van der Waals surface area contributed by atoms with Gasteiger partial charge in [-0.1, -0.05) is 45.4 Å². The minimum Gasteiger partial charge on any atom is -0.331 e. The molecule has 0 saturated carbocycles. The van der Waals surface area contributed by atoms with Crippen molar-refractivity contribution in [2.45, 2.75) is 104 Å². The third-order valence-corrected chi connectivity index (χ3v) is 3.23. The highest BCUT2D eigenvalue weighted by Gasteiger charge is 2.34. The third kappa shape index (κ3) is 9.73. The normalized spacial score (nSPS) is 12.6. The fourth-order valence-corrected chi connectivity index (χ4v) is 2.36. The summed E-state index contributed by atoms with van der Waals surface area (Å²) in [6.45, 7) is 10.3. The monoisotopic (exact) mass is 288 g/mol. The minimum atomic E-state index is -0.869. The van der Waals surface area contributed by atoms with Crippen LogP contribution in [0.3, 0.4) is 0 Å². The summed E-state index contributed by atoms with van der Waals surface area (Å²) in [7, 11) is 1.67. The number of hydrogen-bond acceptors (Lipinski definition) is 3. The van der Waals surface area contributed by atoms with Crippen molar-refractivity contribution in [3.8, 4) is 0 Å². The zero-order chi connectivity index (χ0) is 15.4. The van der Waals surface area contributed by atoms with Crippen LogP contribution in [0.15, 0.2) is 0 Å². The Morgan fingerprint density at radius 3 is 1.60 bits per heavy atom. The second kappa shape index (κ2) is 11.5. The predicted molar refractivity (Wildman–Crippen MR) is 84.8 cm³/mol. The number of rotatable bonds is 13. The lowest BCUT2D eigenvalue weighted by Crippen LogP contribution is -2.42. The summed E-state index contributed by atoms with van der Waals surface area (Å²) >= 11 is 0.